The van der Waals surface area contributed by atoms with Gasteiger partial charge in [0, 0.05) is 12.6 Å². The van der Waals surface area contributed by atoms with E-state index in [0.29, 0.717) is 18.1 Å². The van der Waals surface area contributed by atoms with Gasteiger partial charge in [-0.2, -0.15) is 0 Å². The van der Waals surface area contributed by atoms with Crippen molar-refractivity contribution in [2.45, 2.75) is 38.8 Å². The van der Waals surface area contributed by atoms with Crippen molar-refractivity contribution in [3.63, 3.8) is 0 Å². The fourth-order valence-corrected chi connectivity index (χ4v) is 1.32. The summed E-state index contributed by atoms with van der Waals surface area (Å²) in [5.74, 6) is 0.617. The van der Waals surface area contributed by atoms with Crippen LogP contribution in [0, 0.1) is 5.92 Å². The van der Waals surface area contributed by atoms with Gasteiger partial charge in [-0.05, 0) is 18.8 Å². The first kappa shape index (κ1) is 11.2. The Hall–Kier alpha value is 0.210. The molecule has 0 radical (unpaired) electrons. The second kappa shape index (κ2) is 4.96. The average molecular weight is 180 g/mol. The Morgan fingerprint density at radius 1 is 1.45 bits per heavy atom. The monoisotopic (exact) mass is 179 g/mol. The van der Waals surface area contributed by atoms with Gasteiger partial charge < -0.3 is 10.5 Å². The van der Waals surface area contributed by atoms with Crippen molar-refractivity contribution < 1.29 is 4.74 Å². The highest BCUT2D eigenvalue weighted by atomic mass is 35.5. The number of rotatable bonds is 1. The van der Waals surface area contributed by atoms with Gasteiger partial charge in [0.2, 0.25) is 0 Å². The second-order valence-corrected chi connectivity index (χ2v) is 3.44. The van der Waals surface area contributed by atoms with E-state index in [4.69, 9.17) is 10.5 Å². The zero-order valence-electron chi connectivity index (χ0n) is 7.25. The van der Waals surface area contributed by atoms with Crippen LogP contribution < -0.4 is 5.73 Å². The summed E-state index contributed by atoms with van der Waals surface area (Å²) in [6, 6.07) is 0.376. The minimum Gasteiger partial charge on any atom is -0.378 e. The molecule has 0 aromatic heterocycles. The molecule has 1 rings (SSSR count). The summed E-state index contributed by atoms with van der Waals surface area (Å²) in [5.41, 5.74) is 5.78. The molecule has 11 heavy (non-hydrogen) atoms. The van der Waals surface area contributed by atoms with Crippen molar-refractivity contribution in [1.29, 1.82) is 0 Å². The first-order chi connectivity index (χ1) is 4.70. The Balaban J connectivity index is 0.000001000. The number of ether oxygens (including phenoxy) is 1. The van der Waals surface area contributed by atoms with Crippen molar-refractivity contribution in [1.82, 2.24) is 0 Å². The van der Waals surface area contributed by atoms with E-state index in [1.165, 1.54) is 0 Å². The van der Waals surface area contributed by atoms with E-state index in [-0.39, 0.29) is 12.4 Å². The molecule has 68 valence electrons. The predicted octanol–water partition coefficient (Wildman–Crippen LogP) is 1.57. The molecular formula is C8H18ClNO. The maximum absolute atomic E-state index is 5.78. The molecule has 2 atom stereocenters. The van der Waals surface area contributed by atoms with E-state index in [9.17, 15) is 0 Å². The van der Waals surface area contributed by atoms with Crippen molar-refractivity contribution in [2.75, 3.05) is 6.61 Å². The molecule has 0 bridgehead atoms. The van der Waals surface area contributed by atoms with E-state index in [0.717, 1.165) is 19.4 Å². The molecule has 3 heteroatoms. The van der Waals surface area contributed by atoms with Gasteiger partial charge in [0.25, 0.3) is 0 Å². The molecule has 0 spiro atoms. The fraction of sp³-hybridized carbons (Fsp3) is 1.00. The fourth-order valence-electron chi connectivity index (χ4n) is 1.32. The summed E-state index contributed by atoms with van der Waals surface area (Å²) in [7, 11) is 0. The lowest BCUT2D eigenvalue weighted by atomic mass is 9.96. The van der Waals surface area contributed by atoms with Gasteiger partial charge in [-0.3, -0.25) is 0 Å². The van der Waals surface area contributed by atoms with Crippen molar-refractivity contribution >= 4 is 12.4 Å². The smallest absolute Gasteiger partial charge is 0.0612 e. The van der Waals surface area contributed by atoms with Gasteiger partial charge in [0.15, 0.2) is 0 Å². The quantitative estimate of drug-likeness (QED) is 0.664. The van der Waals surface area contributed by atoms with Crippen LogP contribution in [-0.4, -0.2) is 18.8 Å². The topological polar surface area (TPSA) is 35.2 Å². The van der Waals surface area contributed by atoms with Gasteiger partial charge >= 0.3 is 0 Å². The molecule has 1 fully saturated rings. The summed E-state index contributed by atoms with van der Waals surface area (Å²) < 4.78 is 5.53. The molecule has 0 aliphatic carbocycles. The van der Waals surface area contributed by atoms with Gasteiger partial charge in [0.05, 0.1) is 6.10 Å². The van der Waals surface area contributed by atoms with Crippen molar-refractivity contribution in [2.24, 2.45) is 11.7 Å². The SMILES string of the molecule is CC(C)[C@H]1C[C@@H](N)CCO1.Cl. The zero-order chi connectivity index (χ0) is 7.56. The maximum atomic E-state index is 5.78. The minimum absolute atomic E-state index is 0. The van der Waals surface area contributed by atoms with E-state index >= 15 is 0 Å². The van der Waals surface area contributed by atoms with Gasteiger partial charge in [-0.15, -0.1) is 12.4 Å². The lowest BCUT2D eigenvalue weighted by Crippen LogP contribution is -2.37. The molecule has 1 aliphatic heterocycles. The Morgan fingerprint density at radius 3 is 2.45 bits per heavy atom. The maximum Gasteiger partial charge on any atom is 0.0612 e. The number of hydrogen-bond acceptors (Lipinski definition) is 2. The molecular weight excluding hydrogens is 162 g/mol. The molecule has 0 amide bonds. The van der Waals surface area contributed by atoms with Crippen LogP contribution in [0.15, 0.2) is 0 Å². The largest absolute Gasteiger partial charge is 0.378 e. The van der Waals surface area contributed by atoms with E-state index in [2.05, 4.69) is 13.8 Å². The normalized spacial score (nSPS) is 31.6. The first-order valence-corrected chi connectivity index (χ1v) is 4.07. The third-order valence-corrected chi connectivity index (χ3v) is 2.10. The zero-order valence-corrected chi connectivity index (χ0v) is 8.06. The number of halogens is 1. The molecule has 0 aromatic carbocycles. The molecule has 1 saturated heterocycles. The Morgan fingerprint density at radius 2 is 2.09 bits per heavy atom. The Kier molecular flexibility index (Phi) is 5.06. The Bertz CT molecular complexity index is 108. The van der Waals surface area contributed by atoms with Crippen LogP contribution in [0.1, 0.15) is 26.7 Å². The van der Waals surface area contributed by atoms with Gasteiger partial charge in [-0.1, -0.05) is 13.8 Å². The lowest BCUT2D eigenvalue weighted by molar-refractivity contribution is -0.0188. The van der Waals surface area contributed by atoms with Gasteiger partial charge in [0.1, 0.15) is 0 Å². The van der Waals surface area contributed by atoms with E-state index in [1.807, 2.05) is 0 Å². The van der Waals surface area contributed by atoms with E-state index in [1.54, 1.807) is 0 Å². The van der Waals surface area contributed by atoms with Crippen molar-refractivity contribution in [3.8, 4) is 0 Å². The summed E-state index contributed by atoms with van der Waals surface area (Å²) >= 11 is 0. The standard InChI is InChI=1S/C8H17NO.ClH/c1-6(2)8-5-7(9)3-4-10-8;/h6-8H,3-5,9H2,1-2H3;1H/t7-,8+;/m0./s1. The molecule has 2 nitrogen and oxygen atoms in total. The van der Waals surface area contributed by atoms with Crippen LogP contribution in [0.25, 0.3) is 0 Å². The summed E-state index contributed by atoms with van der Waals surface area (Å²) in [4.78, 5) is 0. The van der Waals surface area contributed by atoms with Crippen LogP contribution in [0.3, 0.4) is 0 Å². The Labute approximate surface area is 74.9 Å². The molecule has 2 N–H and O–H groups in total. The molecule has 0 saturated carbocycles. The van der Waals surface area contributed by atoms with Crippen LogP contribution in [-0.2, 0) is 4.74 Å². The first-order valence-electron chi connectivity index (χ1n) is 4.07. The molecule has 1 aliphatic rings. The van der Waals surface area contributed by atoms with Gasteiger partial charge in [-0.25, -0.2) is 0 Å². The average Bonchev–Trinajstić information content (AvgIpc) is 1.88. The number of nitrogens with two attached hydrogens (primary N) is 1. The summed E-state index contributed by atoms with van der Waals surface area (Å²) in [6.45, 7) is 5.22. The predicted molar refractivity (Wildman–Crippen MR) is 49.0 cm³/mol. The lowest BCUT2D eigenvalue weighted by Gasteiger charge is -2.29. The molecule has 0 aromatic rings. The van der Waals surface area contributed by atoms with Crippen molar-refractivity contribution in [3.05, 3.63) is 0 Å². The van der Waals surface area contributed by atoms with Crippen LogP contribution >= 0.6 is 12.4 Å². The third-order valence-electron chi connectivity index (χ3n) is 2.10. The van der Waals surface area contributed by atoms with Crippen LogP contribution in [0.4, 0.5) is 0 Å². The highest BCUT2D eigenvalue weighted by Gasteiger charge is 2.21. The minimum atomic E-state index is 0. The molecule has 0 unspecified atom stereocenters. The second-order valence-electron chi connectivity index (χ2n) is 3.44. The third kappa shape index (κ3) is 3.41. The highest BCUT2D eigenvalue weighted by molar-refractivity contribution is 5.85. The van der Waals surface area contributed by atoms with E-state index < -0.39 is 0 Å². The van der Waals surface area contributed by atoms with Crippen LogP contribution in [0.5, 0.6) is 0 Å². The summed E-state index contributed by atoms with van der Waals surface area (Å²) in [5, 5.41) is 0. The molecule has 1 heterocycles. The summed E-state index contributed by atoms with van der Waals surface area (Å²) in [6.07, 6.45) is 2.48. The van der Waals surface area contributed by atoms with Crippen LogP contribution in [0.2, 0.25) is 0 Å². The number of hydrogen-bond donors (Lipinski definition) is 1. The highest BCUT2D eigenvalue weighted by Crippen LogP contribution is 2.18.